The van der Waals surface area contributed by atoms with E-state index in [9.17, 15) is 14.9 Å². The molecule has 0 aliphatic heterocycles. The van der Waals surface area contributed by atoms with E-state index < -0.39 is 11.0 Å². The van der Waals surface area contributed by atoms with Gasteiger partial charge in [0.25, 0.3) is 5.69 Å². The van der Waals surface area contributed by atoms with Gasteiger partial charge in [-0.3, -0.25) is 15.4 Å². The number of carbonyl (C=O) groups is 1. The summed E-state index contributed by atoms with van der Waals surface area (Å²) in [6.45, 7) is 2.35. The molecule has 2 amide bonds. The van der Waals surface area contributed by atoms with Crippen LogP contribution in [0.5, 0.6) is 5.75 Å². The van der Waals surface area contributed by atoms with E-state index in [0.717, 1.165) is 0 Å². The molecule has 0 saturated carbocycles. The quantitative estimate of drug-likeness (QED) is 0.587. The lowest BCUT2D eigenvalue weighted by atomic mass is 10.2. The van der Waals surface area contributed by atoms with E-state index >= 15 is 0 Å². The molecule has 10 heteroatoms. The van der Waals surface area contributed by atoms with Crippen molar-refractivity contribution < 1.29 is 23.7 Å². The van der Waals surface area contributed by atoms with Gasteiger partial charge in [0, 0.05) is 13.2 Å². The van der Waals surface area contributed by atoms with E-state index in [0.29, 0.717) is 18.1 Å². The standard InChI is InChI=1S/C14H16N4O6/c1-3-23-9-4-5-11(12(6-9)18(20)21)15-14(19)16-13-7-10(8-22-2)24-17-13/h4-7H,3,8H2,1-2H3,(H2,15,16,17,19). The molecular formula is C14H16N4O6. The lowest BCUT2D eigenvalue weighted by molar-refractivity contribution is -0.384. The maximum Gasteiger partial charge on any atom is 0.325 e. The average Bonchev–Trinajstić information content (AvgIpc) is 2.96. The lowest BCUT2D eigenvalue weighted by Crippen LogP contribution is -2.20. The fourth-order valence-corrected chi connectivity index (χ4v) is 1.88. The second kappa shape index (κ2) is 7.92. The molecular weight excluding hydrogens is 320 g/mol. The second-order valence-corrected chi connectivity index (χ2v) is 4.56. The summed E-state index contributed by atoms with van der Waals surface area (Å²) in [6.07, 6.45) is 0. The molecule has 0 saturated heterocycles. The number of aromatic nitrogens is 1. The highest BCUT2D eigenvalue weighted by molar-refractivity contribution is 6.00. The number of nitrogens with zero attached hydrogens (tertiary/aromatic N) is 2. The van der Waals surface area contributed by atoms with Gasteiger partial charge >= 0.3 is 6.03 Å². The lowest BCUT2D eigenvalue weighted by Gasteiger charge is -2.08. The maximum absolute atomic E-state index is 11.9. The molecule has 1 aromatic carbocycles. The molecule has 0 unspecified atom stereocenters. The van der Waals surface area contributed by atoms with Crippen LogP contribution in [0, 0.1) is 10.1 Å². The average molecular weight is 336 g/mol. The zero-order valence-corrected chi connectivity index (χ0v) is 13.1. The predicted molar refractivity (Wildman–Crippen MR) is 84.1 cm³/mol. The van der Waals surface area contributed by atoms with Gasteiger partial charge in [0.1, 0.15) is 18.0 Å². The van der Waals surface area contributed by atoms with Gasteiger partial charge in [-0.05, 0) is 19.1 Å². The van der Waals surface area contributed by atoms with Crippen molar-refractivity contribution in [3.8, 4) is 5.75 Å². The normalized spacial score (nSPS) is 10.2. The summed E-state index contributed by atoms with van der Waals surface area (Å²) in [5, 5.41) is 19.6. The summed E-state index contributed by atoms with van der Waals surface area (Å²) in [7, 11) is 1.49. The van der Waals surface area contributed by atoms with Crippen LogP contribution < -0.4 is 15.4 Å². The van der Waals surface area contributed by atoms with Crippen LogP contribution in [0.15, 0.2) is 28.8 Å². The first-order valence-corrected chi connectivity index (χ1v) is 6.97. The third-order valence-electron chi connectivity index (χ3n) is 2.81. The molecule has 24 heavy (non-hydrogen) atoms. The SMILES string of the molecule is CCOc1ccc(NC(=O)Nc2cc(COC)on2)c([N+](=O)[O-])c1. The van der Waals surface area contributed by atoms with Crippen molar-refractivity contribution in [3.63, 3.8) is 0 Å². The van der Waals surface area contributed by atoms with Crippen molar-refractivity contribution in [1.29, 1.82) is 0 Å². The van der Waals surface area contributed by atoms with Crippen LogP contribution in [-0.2, 0) is 11.3 Å². The zero-order valence-electron chi connectivity index (χ0n) is 13.1. The molecule has 1 heterocycles. The van der Waals surface area contributed by atoms with Crippen LogP contribution in [-0.4, -0.2) is 29.8 Å². The van der Waals surface area contributed by atoms with Crippen molar-refractivity contribution in [2.75, 3.05) is 24.4 Å². The van der Waals surface area contributed by atoms with Crippen molar-refractivity contribution in [2.24, 2.45) is 0 Å². The number of rotatable bonds is 7. The highest BCUT2D eigenvalue weighted by Gasteiger charge is 2.18. The number of ether oxygens (including phenoxy) is 2. The molecule has 128 valence electrons. The number of methoxy groups -OCH3 is 1. The van der Waals surface area contributed by atoms with Gasteiger partial charge in [0.05, 0.1) is 17.6 Å². The van der Waals surface area contributed by atoms with Gasteiger partial charge in [-0.2, -0.15) is 0 Å². The Hall–Kier alpha value is -3.14. The zero-order chi connectivity index (χ0) is 17.5. The predicted octanol–water partition coefficient (Wildman–Crippen LogP) is 2.77. The van der Waals surface area contributed by atoms with E-state index in [1.54, 1.807) is 6.92 Å². The Morgan fingerprint density at radius 2 is 2.17 bits per heavy atom. The second-order valence-electron chi connectivity index (χ2n) is 4.56. The number of nitro groups is 1. The molecule has 0 fully saturated rings. The molecule has 0 radical (unpaired) electrons. The third kappa shape index (κ3) is 4.43. The summed E-state index contributed by atoms with van der Waals surface area (Å²) >= 11 is 0. The van der Waals surface area contributed by atoms with E-state index in [1.165, 1.54) is 31.4 Å². The molecule has 0 spiro atoms. The largest absolute Gasteiger partial charge is 0.494 e. The third-order valence-corrected chi connectivity index (χ3v) is 2.81. The molecule has 0 aliphatic rings. The first-order chi connectivity index (χ1) is 11.5. The first kappa shape index (κ1) is 17.2. The van der Waals surface area contributed by atoms with Gasteiger partial charge in [-0.1, -0.05) is 5.16 Å². The van der Waals surface area contributed by atoms with Crippen molar-refractivity contribution >= 4 is 23.2 Å². The number of amides is 2. The molecule has 2 aromatic rings. The van der Waals surface area contributed by atoms with Gasteiger partial charge < -0.3 is 19.3 Å². The van der Waals surface area contributed by atoms with Crippen LogP contribution in [0.4, 0.5) is 22.0 Å². The van der Waals surface area contributed by atoms with Gasteiger partial charge in [-0.25, -0.2) is 4.79 Å². The highest BCUT2D eigenvalue weighted by Crippen LogP contribution is 2.29. The highest BCUT2D eigenvalue weighted by atomic mass is 16.6. The molecule has 1 aromatic heterocycles. The Balaban J connectivity index is 2.08. The molecule has 0 atom stereocenters. The fourth-order valence-electron chi connectivity index (χ4n) is 1.88. The van der Waals surface area contributed by atoms with Crippen molar-refractivity contribution in [1.82, 2.24) is 5.16 Å². The van der Waals surface area contributed by atoms with E-state index in [4.69, 9.17) is 14.0 Å². The summed E-state index contributed by atoms with van der Waals surface area (Å²) in [4.78, 5) is 22.5. The number of hydrogen-bond acceptors (Lipinski definition) is 7. The van der Waals surface area contributed by atoms with Crippen LogP contribution in [0.1, 0.15) is 12.7 Å². The minimum Gasteiger partial charge on any atom is -0.494 e. The number of hydrogen-bond donors (Lipinski definition) is 2. The van der Waals surface area contributed by atoms with Crippen molar-refractivity contribution in [3.05, 3.63) is 40.1 Å². The molecule has 0 aliphatic carbocycles. The molecule has 2 N–H and O–H groups in total. The Morgan fingerprint density at radius 3 is 2.83 bits per heavy atom. The number of urea groups is 1. The van der Waals surface area contributed by atoms with Crippen LogP contribution in [0.25, 0.3) is 0 Å². The number of carbonyl (C=O) groups excluding carboxylic acids is 1. The number of benzene rings is 1. The van der Waals surface area contributed by atoms with Crippen LogP contribution >= 0.6 is 0 Å². The van der Waals surface area contributed by atoms with Gasteiger partial charge in [0.15, 0.2) is 11.6 Å². The monoisotopic (exact) mass is 336 g/mol. The van der Waals surface area contributed by atoms with E-state index in [2.05, 4.69) is 15.8 Å². The summed E-state index contributed by atoms with van der Waals surface area (Å²) in [5.41, 5.74) is -0.252. The van der Waals surface area contributed by atoms with Crippen LogP contribution in [0.3, 0.4) is 0 Å². The van der Waals surface area contributed by atoms with Gasteiger partial charge in [-0.15, -0.1) is 0 Å². The summed E-state index contributed by atoms with van der Waals surface area (Å²) in [6, 6.07) is 4.95. The topological polar surface area (TPSA) is 129 Å². The minimum atomic E-state index is -0.695. The smallest absolute Gasteiger partial charge is 0.325 e. The molecule has 0 bridgehead atoms. The molecule has 2 rings (SSSR count). The fraction of sp³-hybridized carbons (Fsp3) is 0.286. The maximum atomic E-state index is 11.9. The van der Waals surface area contributed by atoms with E-state index in [1.807, 2.05) is 0 Å². The Morgan fingerprint density at radius 1 is 1.38 bits per heavy atom. The number of anilines is 2. The Bertz CT molecular complexity index is 730. The van der Waals surface area contributed by atoms with Crippen molar-refractivity contribution in [2.45, 2.75) is 13.5 Å². The number of nitrogens with one attached hydrogen (secondary N) is 2. The van der Waals surface area contributed by atoms with Gasteiger partial charge in [0.2, 0.25) is 0 Å². The molecule has 10 nitrogen and oxygen atoms in total. The Kier molecular flexibility index (Phi) is 5.68. The minimum absolute atomic E-state index is 0.0292. The van der Waals surface area contributed by atoms with Crippen LogP contribution in [0.2, 0.25) is 0 Å². The number of nitro benzene ring substituents is 1. The van der Waals surface area contributed by atoms with E-state index in [-0.39, 0.29) is 23.8 Å². The first-order valence-electron chi connectivity index (χ1n) is 6.97. The summed E-state index contributed by atoms with van der Waals surface area (Å²) in [5.74, 6) is 0.934. The summed E-state index contributed by atoms with van der Waals surface area (Å²) < 4.78 is 15.0. The Labute approximate surface area is 136 Å².